The van der Waals surface area contributed by atoms with E-state index >= 15 is 0 Å². The van der Waals surface area contributed by atoms with Crippen LogP contribution in [-0.4, -0.2) is 85.4 Å². The molecular weight excluding hydrogens is 518 g/mol. The Morgan fingerprint density at radius 1 is 1.21 bits per heavy atom. The summed E-state index contributed by atoms with van der Waals surface area (Å²) in [5.41, 5.74) is 3.21. The lowest BCUT2D eigenvalue weighted by Crippen LogP contribution is -2.57. The van der Waals surface area contributed by atoms with Crippen molar-refractivity contribution in [3.8, 4) is 0 Å². The Morgan fingerprint density at radius 2 is 2.00 bits per heavy atom. The molecule has 0 spiro atoms. The zero-order valence-corrected chi connectivity index (χ0v) is 23.5. The standard InChI is InChI=1S/C28H39N5O5S/c1-20-7-5-10-24(17-20)39(37,38)33-18-22(19-33)27(34)31-25(28(35)36)13-16-32(2)15-4-3-9-23-12-11-21-8-6-14-29-26(21)30-23/h5,7,10-12,17,22,25H,3-4,6,8-9,13-16,18-19H2,1-2H3,(H,29,30)(H,31,34)(H,35,36). The fourth-order valence-electron chi connectivity index (χ4n) is 4.93. The van der Waals surface area contributed by atoms with Gasteiger partial charge in [0.25, 0.3) is 0 Å². The topological polar surface area (TPSA) is 132 Å². The maximum Gasteiger partial charge on any atom is 0.326 e. The van der Waals surface area contributed by atoms with Crippen molar-refractivity contribution in [2.24, 2.45) is 5.92 Å². The number of hydrogen-bond acceptors (Lipinski definition) is 7. The number of benzene rings is 1. The Kier molecular flexibility index (Phi) is 9.58. The van der Waals surface area contributed by atoms with Crippen molar-refractivity contribution in [1.82, 2.24) is 19.5 Å². The first-order valence-electron chi connectivity index (χ1n) is 13.6. The van der Waals surface area contributed by atoms with E-state index in [0.29, 0.717) is 6.54 Å². The van der Waals surface area contributed by atoms with Gasteiger partial charge in [-0.1, -0.05) is 18.2 Å². The predicted molar refractivity (Wildman–Crippen MR) is 149 cm³/mol. The first-order valence-corrected chi connectivity index (χ1v) is 15.1. The molecule has 4 rings (SSSR count). The third-order valence-corrected chi connectivity index (χ3v) is 9.26. The van der Waals surface area contributed by atoms with Gasteiger partial charge in [0.1, 0.15) is 11.9 Å². The van der Waals surface area contributed by atoms with Gasteiger partial charge in [-0.3, -0.25) is 4.79 Å². The van der Waals surface area contributed by atoms with Gasteiger partial charge < -0.3 is 20.6 Å². The number of carboxylic acids is 1. The van der Waals surface area contributed by atoms with E-state index in [-0.39, 0.29) is 24.4 Å². The minimum Gasteiger partial charge on any atom is -0.480 e. The molecule has 1 saturated heterocycles. The molecule has 1 aromatic heterocycles. The predicted octanol–water partition coefficient (Wildman–Crippen LogP) is 2.28. The highest BCUT2D eigenvalue weighted by molar-refractivity contribution is 7.89. The van der Waals surface area contributed by atoms with Crippen LogP contribution in [0.5, 0.6) is 0 Å². The van der Waals surface area contributed by atoms with Crippen LogP contribution in [0.25, 0.3) is 0 Å². The average Bonchev–Trinajstić information content (AvgIpc) is 2.87. The molecule has 39 heavy (non-hydrogen) atoms. The minimum absolute atomic E-state index is 0.0451. The second-order valence-corrected chi connectivity index (χ2v) is 12.6. The van der Waals surface area contributed by atoms with Crippen LogP contribution in [0, 0.1) is 12.8 Å². The van der Waals surface area contributed by atoms with Gasteiger partial charge in [-0.25, -0.2) is 18.2 Å². The van der Waals surface area contributed by atoms with E-state index in [1.807, 2.05) is 20.0 Å². The molecule has 2 aliphatic heterocycles. The highest BCUT2D eigenvalue weighted by Gasteiger charge is 2.41. The van der Waals surface area contributed by atoms with E-state index in [1.165, 1.54) is 15.9 Å². The number of rotatable bonds is 13. The quantitative estimate of drug-likeness (QED) is 0.320. The summed E-state index contributed by atoms with van der Waals surface area (Å²) in [6.45, 7) is 4.23. The maximum absolute atomic E-state index is 12.8. The average molecular weight is 558 g/mol. The van der Waals surface area contributed by atoms with Gasteiger partial charge in [0.15, 0.2) is 0 Å². The van der Waals surface area contributed by atoms with E-state index in [2.05, 4.69) is 27.7 Å². The number of fused-ring (bicyclic) bond motifs is 1. The number of aromatic nitrogens is 1. The molecule has 1 aromatic carbocycles. The van der Waals surface area contributed by atoms with Crippen LogP contribution in [0.4, 0.5) is 5.82 Å². The summed E-state index contributed by atoms with van der Waals surface area (Å²) in [6, 6.07) is 9.90. The molecule has 0 aliphatic carbocycles. The smallest absolute Gasteiger partial charge is 0.326 e. The number of hydrogen-bond donors (Lipinski definition) is 3. The molecule has 1 fully saturated rings. The zero-order valence-electron chi connectivity index (χ0n) is 22.7. The van der Waals surface area contributed by atoms with Crippen LogP contribution in [0.1, 0.15) is 42.5 Å². The van der Waals surface area contributed by atoms with E-state index in [0.717, 1.165) is 62.3 Å². The van der Waals surface area contributed by atoms with Crippen LogP contribution < -0.4 is 10.6 Å². The molecule has 11 heteroatoms. The van der Waals surface area contributed by atoms with Crippen molar-refractivity contribution in [2.45, 2.75) is 56.4 Å². The van der Waals surface area contributed by atoms with Crippen LogP contribution in [0.15, 0.2) is 41.3 Å². The summed E-state index contributed by atoms with van der Waals surface area (Å²) < 4.78 is 26.8. The Labute approximate surface area is 230 Å². The second kappa shape index (κ2) is 12.9. The van der Waals surface area contributed by atoms with Gasteiger partial charge in [-0.05, 0) is 88.4 Å². The van der Waals surface area contributed by atoms with Crippen LogP contribution in [0.2, 0.25) is 0 Å². The summed E-state index contributed by atoms with van der Waals surface area (Å²) in [4.78, 5) is 31.5. The Bertz CT molecular complexity index is 1280. The molecule has 3 heterocycles. The van der Waals surface area contributed by atoms with Crippen molar-refractivity contribution < 1.29 is 23.1 Å². The number of carbonyl (C=O) groups excluding carboxylic acids is 1. The number of nitrogens with one attached hydrogen (secondary N) is 2. The molecule has 1 atom stereocenters. The fourth-order valence-corrected chi connectivity index (χ4v) is 6.57. The number of carbonyl (C=O) groups is 2. The highest BCUT2D eigenvalue weighted by Crippen LogP contribution is 2.26. The van der Waals surface area contributed by atoms with Crippen molar-refractivity contribution in [2.75, 3.05) is 45.1 Å². The number of unbranched alkanes of at least 4 members (excludes halogenated alkanes) is 1. The van der Waals surface area contributed by atoms with E-state index < -0.39 is 33.9 Å². The van der Waals surface area contributed by atoms with Gasteiger partial charge in [0.2, 0.25) is 15.9 Å². The van der Waals surface area contributed by atoms with Gasteiger partial charge in [0, 0.05) is 31.9 Å². The third-order valence-electron chi connectivity index (χ3n) is 7.43. The number of sulfonamides is 1. The van der Waals surface area contributed by atoms with Crippen LogP contribution >= 0.6 is 0 Å². The van der Waals surface area contributed by atoms with Gasteiger partial charge in [-0.15, -0.1) is 0 Å². The van der Waals surface area contributed by atoms with E-state index in [9.17, 15) is 23.1 Å². The second-order valence-electron chi connectivity index (χ2n) is 10.6. The largest absolute Gasteiger partial charge is 0.480 e. The lowest BCUT2D eigenvalue weighted by atomic mass is 10.0. The molecule has 1 amide bonds. The Hall–Kier alpha value is -3.02. The normalized spacial score (nSPS) is 16.7. The number of anilines is 1. The number of amides is 1. The monoisotopic (exact) mass is 557 g/mol. The molecular formula is C28H39N5O5S. The molecule has 0 bridgehead atoms. The molecule has 212 valence electrons. The molecule has 0 radical (unpaired) electrons. The van der Waals surface area contributed by atoms with E-state index in [4.69, 9.17) is 4.98 Å². The third kappa shape index (κ3) is 7.55. The van der Waals surface area contributed by atoms with Gasteiger partial charge >= 0.3 is 5.97 Å². The number of carboxylic acid groups (broad SMARTS) is 1. The van der Waals surface area contributed by atoms with Crippen LogP contribution in [-0.2, 0) is 32.5 Å². The number of pyridine rings is 1. The molecule has 2 aliphatic rings. The molecule has 1 unspecified atom stereocenters. The van der Waals surface area contributed by atoms with E-state index in [1.54, 1.807) is 12.1 Å². The molecule has 2 aromatic rings. The first kappa shape index (κ1) is 29.0. The first-order chi connectivity index (χ1) is 18.6. The van der Waals surface area contributed by atoms with Crippen LogP contribution in [0.3, 0.4) is 0 Å². The summed E-state index contributed by atoms with van der Waals surface area (Å²) in [7, 11) is -1.72. The fraction of sp³-hybridized carbons (Fsp3) is 0.536. The van der Waals surface area contributed by atoms with Gasteiger partial charge in [0.05, 0.1) is 10.8 Å². The summed E-state index contributed by atoms with van der Waals surface area (Å²) in [6.07, 6.45) is 5.33. The number of aryl methyl sites for hydroxylation is 3. The number of nitrogens with zero attached hydrogens (tertiary/aromatic N) is 3. The lowest BCUT2D eigenvalue weighted by Gasteiger charge is -2.37. The number of aliphatic carboxylic acids is 1. The Morgan fingerprint density at radius 3 is 2.74 bits per heavy atom. The van der Waals surface area contributed by atoms with Gasteiger partial charge in [-0.2, -0.15) is 4.31 Å². The zero-order chi connectivity index (χ0) is 28.0. The Balaban J connectivity index is 1.16. The van der Waals surface area contributed by atoms with Crippen molar-refractivity contribution in [3.63, 3.8) is 0 Å². The highest BCUT2D eigenvalue weighted by atomic mass is 32.2. The lowest BCUT2D eigenvalue weighted by molar-refractivity contribution is -0.143. The minimum atomic E-state index is -3.67. The summed E-state index contributed by atoms with van der Waals surface area (Å²) >= 11 is 0. The molecule has 0 saturated carbocycles. The van der Waals surface area contributed by atoms with Crippen molar-refractivity contribution in [3.05, 3.63) is 53.2 Å². The summed E-state index contributed by atoms with van der Waals surface area (Å²) in [5, 5.41) is 15.6. The van der Waals surface area contributed by atoms with Crippen molar-refractivity contribution in [1.29, 1.82) is 0 Å². The summed E-state index contributed by atoms with van der Waals surface area (Å²) in [5.74, 6) is -1.06. The van der Waals surface area contributed by atoms with Crippen molar-refractivity contribution >= 4 is 27.7 Å². The maximum atomic E-state index is 12.8. The molecule has 3 N–H and O–H groups in total. The molecule has 10 nitrogen and oxygen atoms in total. The SMILES string of the molecule is Cc1cccc(S(=O)(=O)N2CC(C(=O)NC(CCN(C)CCCCc3ccc4c(n3)NCCC4)C(=O)O)C2)c1.